The number of pyridine rings is 1. The maximum Gasteiger partial charge on any atom is 0.236 e. The van der Waals surface area contributed by atoms with Crippen LogP contribution in [0, 0.1) is 0 Å². The van der Waals surface area contributed by atoms with Crippen molar-refractivity contribution in [3.63, 3.8) is 0 Å². The molecule has 1 aromatic carbocycles. The van der Waals surface area contributed by atoms with Crippen molar-refractivity contribution in [3.05, 3.63) is 60.0 Å². The zero-order chi connectivity index (χ0) is 19.9. The van der Waals surface area contributed by atoms with E-state index in [-0.39, 0.29) is 17.8 Å². The van der Waals surface area contributed by atoms with Crippen LogP contribution < -0.4 is 10.1 Å². The molecule has 0 aliphatic rings. The van der Waals surface area contributed by atoms with Crippen LogP contribution in [0.3, 0.4) is 0 Å². The lowest BCUT2D eigenvalue weighted by Gasteiger charge is -2.14. The first-order valence-corrected chi connectivity index (χ1v) is 10.0. The minimum Gasteiger partial charge on any atom is -0.483 e. The van der Waals surface area contributed by atoms with Crippen molar-refractivity contribution < 1.29 is 9.53 Å². The fourth-order valence-corrected chi connectivity index (χ4v) is 3.33. The molecular weight excluding hydrogens is 374 g/mol. The van der Waals surface area contributed by atoms with Gasteiger partial charge in [-0.2, -0.15) is 0 Å². The van der Waals surface area contributed by atoms with Gasteiger partial charge in [-0.15, -0.1) is 10.2 Å². The van der Waals surface area contributed by atoms with Gasteiger partial charge in [-0.05, 0) is 43.2 Å². The van der Waals surface area contributed by atoms with Gasteiger partial charge in [-0.1, -0.05) is 36.9 Å². The third-order valence-corrected chi connectivity index (χ3v) is 5.16. The Morgan fingerprint density at radius 2 is 2.00 bits per heavy atom. The van der Waals surface area contributed by atoms with Crippen LogP contribution in [-0.2, 0) is 18.3 Å². The molecule has 1 amide bonds. The minimum absolute atomic E-state index is 0.145. The number of carbonyl (C=O) groups is 1. The minimum atomic E-state index is -0.262. The van der Waals surface area contributed by atoms with Crippen LogP contribution in [0.15, 0.2) is 53.8 Å². The monoisotopic (exact) mass is 397 g/mol. The number of hydrogen-bond donors (Lipinski definition) is 1. The largest absolute Gasteiger partial charge is 0.483 e. The Kier molecular flexibility index (Phi) is 6.65. The van der Waals surface area contributed by atoms with Crippen LogP contribution >= 0.6 is 11.8 Å². The van der Waals surface area contributed by atoms with Gasteiger partial charge in [0.05, 0.1) is 5.75 Å². The summed E-state index contributed by atoms with van der Waals surface area (Å²) in [6.07, 6.45) is 2.37. The van der Waals surface area contributed by atoms with E-state index < -0.39 is 0 Å². The second kappa shape index (κ2) is 9.36. The summed E-state index contributed by atoms with van der Waals surface area (Å²) in [6.45, 7) is 4.05. The molecule has 28 heavy (non-hydrogen) atoms. The molecule has 1 atom stereocenters. The van der Waals surface area contributed by atoms with Crippen molar-refractivity contribution in [1.29, 1.82) is 0 Å². The Bertz CT molecular complexity index is 912. The standard InChI is InChI=1S/C20H23N5O2S/c1-4-15-8-10-16(11-9-15)27-14(2)19-23-24-20(25(19)3)28-13-18(26)22-17-7-5-6-12-21-17/h5-12,14H,4,13H2,1-3H3,(H,21,22,26)/t14-/m1/s1. The Labute approximate surface area is 168 Å². The van der Waals surface area contributed by atoms with E-state index in [1.165, 1.54) is 17.3 Å². The molecule has 0 aliphatic heterocycles. The Morgan fingerprint density at radius 1 is 1.21 bits per heavy atom. The Morgan fingerprint density at radius 3 is 2.68 bits per heavy atom. The topological polar surface area (TPSA) is 81.9 Å². The molecule has 1 N–H and O–H groups in total. The second-order valence-electron chi connectivity index (χ2n) is 6.21. The maximum absolute atomic E-state index is 12.1. The van der Waals surface area contributed by atoms with Gasteiger partial charge in [0, 0.05) is 13.2 Å². The molecule has 7 nitrogen and oxygen atoms in total. The number of hydrogen-bond acceptors (Lipinski definition) is 6. The molecule has 2 heterocycles. The molecule has 146 valence electrons. The SMILES string of the molecule is CCc1ccc(O[C@H](C)c2nnc(SCC(=O)Nc3ccccn3)n2C)cc1. The molecular formula is C20H23N5O2S. The first-order valence-electron chi connectivity index (χ1n) is 9.05. The van der Waals surface area contributed by atoms with Crippen LogP contribution in [0.5, 0.6) is 5.75 Å². The third-order valence-electron chi connectivity index (χ3n) is 4.14. The van der Waals surface area contributed by atoms with Gasteiger partial charge in [0.25, 0.3) is 0 Å². The Hall–Kier alpha value is -2.87. The maximum atomic E-state index is 12.1. The zero-order valence-electron chi connectivity index (χ0n) is 16.1. The fraction of sp³-hybridized carbons (Fsp3) is 0.300. The number of aromatic nitrogens is 4. The molecule has 0 radical (unpaired) electrons. The van der Waals surface area contributed by atoms with Gasteiger partial charge in [0.2, 0.25) is 5.91 Å². The number of nitrogens with zero attached hydrogens (tertiary/aromatic N) is 4. The molecule has 0 unspecified atom stereocenters. The summed E-state index contributed by atoms with van der Waals surface area (Å²) in [6, 6.07) is 13.4. The van der Waals surface area contributed by atoms with Crippen molar-refractivity contribution >= 4 is 23.5 Å². The lowest BCUT2D eigenvalue weighted by atomic mass is 10.2. The van der Waals surface area contributed by atoms with E-state index >= 15 is 0 Å². The first-order chi connectivity index (χ1) is 13.6. The number of nitrogens with one attached hydrogen (secondary N) is 1. The molecule has 0 spiro atoms. The number of benzene rings is 1. The zero-order valence-corrected chi connectivity index (χ0v) is 16.9. The summed E-state index contributed by atoms with van der Waals surface area (Å²) in [4.78, 5) is 16.2. The van der Waals surface area contributed by atoms with Gasteiger partial charge in [0.1, 0.15) is 11.6 Å². The molecule has 0 saturated carbocycles. The number of ether oxygens (including phenoxy) is 1. The number of amides is 1. The molecule has 0 saturated heterocycles. The van der Waals surface area contributed by atoms with E-state index in [4.69, 9.17) is 4.74 Å². The van der Waals surface area contributed by atoms with Crippen molar-refractivity contribution in [2.24, 2.45) is 7.05 Å². The summed E-state index contributed by atoms with van der Waals surface area (Å²) in [7, 11) is 1.87. The average Bonchev–Trinajstić information content (AvgIpc) is 3.08. The predicted octanol–water partition coefficient (Wildman–Crippen LogP) is 3.64. The highest BCUT2D eigenvalue weighted by Crippen LogP contribution is 2.24. The number of aryl methyl sites for hydroxylation is 1. The first kappa shape index (κ1) is 19.9. The third kappa shape index (κ3) is 5.10. The molecule has 3 aromatic rings. The highest BCUT2D eigenvalue weighted by molar-refractivity contribution is 7.99. The molecule has 3 rings (SSSR count). The Balaban J connectivity index is 1.57. The van der Waals surface area contributed by atoms with Gasteiger partial charge < -0.3 is 14.6 Å². The summed E-state index contributed by atoms with van der Waals surface area (Å²) in [5, 5.41) is 11.8. The number of anilines is 1. The van der Waals surface area contributed by atoms with Crippen LogP contribution in [0.1, 0.15) is 31.3 Å². The number of carbonyl (C=O) groups excluding carboxylic acids is 1. The van der Waals surface area contributed by atoms with Crippen LogP contribution in [0.2, 0.25) is 0 Å². The van der Waals surface area contributed by atoms with Gasteiger partial charge in [-0.25, -0.2) is 4.98 Å². The van der Waals surface area contributed by atoms with E-state index in [2.05, 4.69) is 39.6 Å². The molecule has 0 fully saturated rings. The lowest BCUT2D eigenvalue weighted by molar-refractivity contribution is -0.113. The highest BCUT2D eigenvalue weighted by atomic mass is 32.2. The van der Waals surface area contributed by atoms with Gasteiger partial charge in [-0.3, -0.25) is 4.79 Å². The van der Waals surface area contributed by atoms with Crippen LogP contribution in [0.4, 0.5) is 5.82 Å². The summed E-state index contributed by atoms with van der Waals surface area (Å²) < 4.78 is 7.83. The highest BCUT2D eigenvalue weighted by Gasteiger charge is 2.18. The summed E-state index contributed by atoms with van der Waals surface area (Å²) in [5.74, 6) is 2.09. The van der Waals surface area contributed by atoms with E-state index in [0.717, 1.165) is 12.2 Å². The van der Waals surface area contributed by atoms with E-state index in [1.54, 1.807) is 18.3 Å². The molecule has 8 heteroatoms. The molecule has 2 aromatic heterocycles. The van der Waals surface area contributed by atoms with Gasteiger partial charge in [0.15, 0.2) is 17.1 Å². The number of rotatable bonds is 8. The van der Waals surface area contributed by atoms with E-state index in [0.29, 0.717) is 16.8 Å². The van der Waals surface area contributed by atoms with Crippen molar-refractivity contribution in [1.82, 2.24) is 19.7 Å². The lowest BCUT2D eigenvalue weighted by Crippen LogP contribution is -2.15. The predicted molar refractivity (Wildman–Crippen MR) is 109 cm³/mol. The molecule has 0 aliphatic carbocycles. The second-order valence-corrected chi connectivity index (χ2v) is 7.15. The smallest absolute Gasteiger partial charge is 0.236 e. The average molecular weight is 398 g/mol. The van der Waals surface area contributed by atoms with E-state index in [1.807, 2.05) is 36.7 Å². The van der Waals surface area contributed by atoms with Crippen LogP contribution in [0.25, 0.3) is 0 Å². The molecule has 0 bridgehead atoms. The fourth-order valence-electron chi connectivity index (χ4n) is 2.61. The number of thioether (sulfide) groups is 1. The van der Waals surface area contributed by atoms with Crippen LogP contribution in [-0.4, -0.2) is 31.4 Å². The van der Waals surface area contributed by atoms with E-state index in [9.17, 15) is 4.79 Å². The van der Waals surface area contributed by atoms with Gasteiger partial charge >= 0.3 is 0 Å². The van der Waals surface area contributed by atoms with Crippen molar-refractivity contribution in [3.8, 4) is 5.75 Å². The quantitative estimate of drug-likeness (QED) is 0.585. The normalized spacial score (nSPS) is 11.8. The summed E-state index contributed by atoms with van der Waals surface area (Å²) >= 11 is 1.32. The van der Waals surface area contributed by atoms with Crippen molar-refractivity contribution in [2.75, 3.05) is 11.1 Å². The summed E-state index contributed by atoms with van der Waals surface area (Å²) in [5.41, 5.74) is 1.27. The van der Waals surface area contributed by atoms with Crippen molar-refractivity contribution in [2.45, 2.75) is 31.5 Å².